The highest BCUT2D eigenvalue weighted by atomic mass is 19.4. The summed E-state index contributed by atoms with van der Waals surface area (Å²) in [5.74, 6) is -1.08. The van der Waals surface area contributed by atoms with Crippen LogP contribution in [0.5, 0.6) is 0 Å². The molecule has 1 aromatic carbocycles. The highest BCUT2D eigenvalue weighted by molar-refractivity contribution is 6.05. The van der Waals surface area contributed by atoms with E-state index in [0.29, 0.717) is 11.1 Å². The quantitative estimate of drug-likeness (QED) is 0.915. The third-order valence-electron chi connectivity index (χ3n) is 3.82. The van der Waals surface area contributed by atoms with E-state index in [1.54, 1.807) is 30.3 Å². The van der Waals surface area contributed by atoms with Crippen LogP contribution in [-0.4, -0.2) is 33.6 Å². The van der Waals surface area contributed by atoms with E-state index >= 15 is 0 Å². The predicted molar refractivity (Wildman–Crippen MR) is 78.2 cm³/mol. The van der Waals surface area contributed by atoms with Gasteiger partial charge in [-0.15, -0.1) is 0 Å². The topological polar surface area (TPSA) is 66.0 Å². The van der Waals surface area contributed by atoms with Gasteiger partial charge in [-0.05, 0) is 12.5 Å². The molecule has 2 heterocycles. The minimum atomic E-state index is -5.07. The second-order valence-electron chi connectivity index (χ2n) is 5.49. The normalized spacial score (nSPS) is 21.0. The highest BCUT2D eigenvalue weighted by Gasteiger charge is 2.63. The Morgan fingerprint density at radius 2 is 1.96 bits per heavy atom. The number of benzene rings is 1. The minimum absolute atomic E-state index is 0.0232. The SMILES string of the molecule is Cc1cocc1C(=O)N1N=C(c2ccccc2)CC1(O)C(F)(F)F. The molecule has 5 nitrogen and oxygen atoms in total. The van der Waals surface area contributed by atoms with E-state index in [2.05, 4.69) is 5.10 Å². The molecular formula is C16H13F3N2O3. The van der Waals surface area contributed by atoms with Crippen LogP contribution in [0.4, 0.5) is 13.2 Å². The van der Waals surface area contributed by atoms with Crippen LogP contribution < -0.4 is 0 Å². The maximum atomic E-state index is 13.4. The van der Waals surface area contributed by atoms with Crippen molar-refractivity contribution in [3.8, 4) is 0 Å². The summed E-state index contributed by atoms with van der Waals surface area (Å²) < 4.78 is 45.2. The van der Waals surface area contributed by atoms with Crippen LogP contribution in [0.3, 0.4) is 0 Å². The van der Waals surface area contributed by atoms with Gasteiger partial charge in [-0.25, -0.2) is 0 Å². The number of nitrogens with zero attached hydrogens (tertiary/aromatic N) is 2. The molecule has 1 aliphatic heterocycles. The molecule has 0 bridgehead atoms. The van der Waals surface area contributed by atoms with Gasteiger partial charge in [0.15, 0.2) is 0 Å². The van der Waals surface area contributed by atoms with Crippen molar-refractivity contribution in [1.82, 2.24) is 5.01 Å². The second kappa shape index (κ2) is 5.48. The summed E-state index contributed by atoms with van der Waals surface area (Å²) in [6.45, 7) is 1.52. The number of amides is 1. The van der Waals surface area contributed by atoms with Crippen molar-refractivity contribution in [1.29, 1.82) is 0 Å². The first-order valence-electron chi connectivity index (χ1n) is 7.03. The van der Waals surface area contributed by atoms with Crippen molar-refractivity contribution in [2.24, 2.45) is 5.10 Å². The molecule has 3 rings (SSSR count). The van der Waals surface area contributed by atoms with Gasteiger partial charge in [-0.2, -0.15) is 23.3 Å². The predicted octanol–water partition coefficient (Wildman–Crippen LogP) is 3.09. The lowest BCUT2D eigenvalue weighted by Gasteiger charge is -2.32. The lowest BCUT2D eigenvalue weighted by molar-refractivity contribution is -0.297. The lowest BCUT2D eigenvalue weighted by atomic mass is 10.0. The second-order valence-corrected chi connectivity index (χ2v) is 5.49. The third kappa shape index (κ3) is 2.48. The first-order chi connectivity index (χ1) is 11.2. The van der Waals surface area contributed by atoms with Gasteiger partial charge in [0, 0.05) is 5.56 Å². The standard InChI is InChI=1S/C16H13F3N2O3/c1-10-8-24-9-12(10)14(22)21-15(23,16(17,18)19)7-13(20-21)11-5-3-2-4-6-11/h2-6,8-9,23H,7H2,1H3. The Morgan fingerprint density at radius 1 is 1.29 bits per heavy atom. The molecule has 0 spiro atoms. The Morgan fingerprint density at radius 3 is 2.50 bits per heavy atom. The van der Waals surface area contributed by atoms with Gasteiger partial charge in [0.25, 0.3) is 11.6 Å². The monoisotopic (exact) mass is 338 g/mol. The van der Waals surface area contributed by atoms with Crippen LogP contribution >= 0.6 is 0 Å². The average molecular weight is 338 g/mol. The molecule has 0 saturated carbocycles. The summed E-state index contributed by atoms with van der Waals surface area (Å²) >= 11 is 0. The summed E-state index contributed by atoms with van der Waals surface area (Å²) in [5, 5.41) is 14.1. The molecule has 24 heavy (non-hydrogen) atoms. The zero-order valence-corrected chi connectivity index (χ0v) is 12.5. The molecular weight excluding hydrogens is 325 g/mol. The maximum absolute atomic E-state index is 13.4. The van der Waals surface area contributed by atoms with Crippen LogP contribution in [0, 0.1) is 6.92 Å². The van der Waals surface area contributed by atoms with E-state index in [-0.39, 0.29) is 16.3 Å². The number of hydrazone groups is 1. The number of hydrogen-bond donors (Lipinski definition) is 1. The number of aliphatic hydroxyl groups is 1. The molecule has 0 fully saturated rings. The fourth-order valence-corrected chi connectivity index (χ4v) is 2.46. The minimum Gasteiger partial charge on any atom is -0.471 e. The largest absolute Gasteiger partial charge is 0.471 e. The summed E-state index contributed by atoms with van der Waals surface area (Å²) in [5.41, 5.74) is -2.76. The first-order valence-corrected chi connectivity index (χ1v) is 7.03. The van der Waals surface area contributed by atoms with Gasteiger partial charge in [-0.3, -0.25) is 4.79 Å². The summed E-state index contributed by atoms with van der Waals surface area (Å²) in [7, 11) is 0. The first kappa shape index (κ1) is 16.3. The Kier molecular flexibility index (Phi) is 3.71. The molecule has 1 atom stereocenters. The van der Waals surface area contributed by atoms with Crippen molar-refractivity contribution in [3.05, 3.63) is 59.5 Å². The molecule has 1 aliphatic rings. The van der Waals surface area contributed by atoms with Crippen LogP contribution in [0.15, 0.2) is 52.4 Å². The number of rotatable bonds is 2. The third-order valence-corrected chi connectivity index (χ3v) is 3.82. The Balaban J connectivity index is 2.06. The smallest absolute Gasteiger partial charge is 0.438 e. The lowest BCUT2D eigenvalue weighted by Crippen LogP contribution is -2.56. The van der Waals surface area contributed by atoms with Gasteiger partial charge in [-0.1, -0.05) is 30.3 Å². The highest BCUT2D eigenvalue weighted by Crippen LogP contribution is 2.42. The van der Waals surface area contributed by atoms with Gasteiger partial charge in [0.05, 0.1) is 24.0 Å². The van der Waals surface area contributed by atoms with Crippen molar-refractivity contribution in [2.75, 3.05) is 0 Å². The van der Waals surface area contributed by atoms with Crippen molar-refractivity contribution < 1.29 is 27.5 Å². The van der Waals surface area contributed by atoms with Gasteiger partial charge < -0.3 is 9.52 Å². The molecule has 8 heteroatoms. The van der Waals surface area contributed by atoms with E-state index in [1.165, 1.54) is 13.2 Å². The van der Waals surface area contributed by atoms with Crippen LogP contribution in [0.2, 0.25) is 0 Å². The molecule has 0 aliphatic carbocycles. The van der Waals surface area contributed by atoms with Crippen LogP contribution in [-0.2, 0) is 0 Å². The van der Waals surface area contributed by atoms with E-state index in [0.717, 1.165) is 6.26 Å². The molecule has 2 aromatic rings. The number of alkyl halides is 3. The summed E-state index contributed by atoms with van der Waals surface area (Å²) in [4.78, 5) is 12.5. The Hall–Kier alpha value is -2.61. The number of hydrogen-bond acceptors (Lipinski definition) is 4. The fraction of sp³-hybridized carbons (Fsp3) is 0.250. The molecule has 1 unspecified atom stereocenters. The number of aryl methyl sites for hydroxylation is 1. The van der Waals surface area contributed by atoms with Crippen molar-refractivity contribution >= 4 is 11.6 Å². The van der Waals surface area contributed by atoms with Gasteiger partial charge in [0.1, 0.15) is 6.26 Å². The maximum Gasteiger partial charge on any atom is 0.438 e. The van der Waals surface area contributed by atoms with E-state index < -0.39 is 24.2 Å². The number of carbonyl (C=O) groups is 1. The van der Waals surface area contributed by atoms with Gasteiger partial charge >= 0.3 is 6.18 Å². The number of halogens is 3. The van der Waals surface area contributed by atoms with E-state index in [4.69, 9.17) is 4.42 Å². The average Bonchev–Trinajstić information content (AvgIpc) is 3.11. The fourth-order valence-electron chi connectivity index (χ4n) is 2.46. The van der Waals surface area contributed by atoms with Crippen LogP contribution in [0.1, 0.15) is 27.9 Å². The number of carbonyl (C=O) groups excluding carboxylic acids is 1. The molecule has 1 N–H and O–H groups in total. The Labute approximate surface area is 135 Å². The summed E-state index contributed by atoms with van der Waals surface area (Å²) in [6, 6.07) is 8.09. The molecule has 1 aromatic heterocycles. The molecule has 126 valence electrons. The van der Waals surface area contributed by atoms with E-state index in [9.17, 15) is 23.1 Å². The zero-order valence-electron chi connectivity index (χ0n) is 12.5. The molecule has 0 saturated heterocycles. The summed E-state index contributed by atoms with van der Waals surface area (Å²) in [6.07, 6.45) is -3.65. The van der Waals surface area contributed by atoms with Crippen molar-refractivity contribution in [3.63, 3.8) is 0 Å². The number of furan rings is 1. The molecule has 1 amide bonds. The van der Waals surface area contributed by atoms with Crippen LogP contribution in [0.25, 0.3) is 0 Å². The molecule has 0 radical (unpaired) electrons. The Bertz CT molecular complexity index is 798. The van der Waals surface area contributed by atoms with E-state index in [1.807, 2.05) is 0 Å². The van der Waals surface area contributed by atoms with Crippen molar-refractivity contribution in [2.45, 2.75) is 25.2 Å². The zero-order chi connectivity index (χ0) is 17.5. The van der Waals surface area contributed by atoms with Gasteiger partial charge in [0.2, 0.25) is 0 Å².